The van der Waals surface area contributed by atoms with Gasteiger partial charge in [0, 0.05) is 18.6 Å². The Hall–Kier alpha value is -1.13. The molecule has 0 spiro atoms. The van der Waals surface area contributed by atoms with E-state index in [0.717, 1.165) is 18.0 Å². The zero-order valence-electron chi connectivity index (χ0n) is 12.7. The molecule has 3 unspecified atom stereocenters. The number of rotatable bonds is 4. The molecule has 116 valence electrons. The summed E-state index contributed by atoms with van der Waals surface area (Å²) >= 11 is 0. The molecule has 3 rings (SSSR count). The summed E-state index contributed by atoms with van der Waals surface area (Å²) in [6.07, 6.45) is 6.50. The van der Waals surface area contributed by atoms with Gasteiger partial charge in [-0.1, -0.05) is 12.5 Å². The quantitative estimate of drug-likeness (QED) is 0.926. The van der Waals surface area contributed by atoms with E-state index in [1.165, 1.54) is 39.2 Å². The van der Waals surface area contributed by atoms with Gasteiger partial charge in [0.1, 0.15) is 0 Å². The van der Waals surface area contributed by atoms with Gasteiger partial charge in [0.15, 0.2) is 11.6 Å². The maximum absolute atomic E-state index is 14.0. The molecule has 2 aliphatic rings. The monoisotopic (exact) mass is 292 g/mol. The van der Waals surface area contributed by atoms with Crippen LogP contribution in [0.5, 0.6) is 5.75 Å². The van der Waals surface area contributed by atoms with Gasteiger partial charge < -0.3 is 10.5 Å². The van der Waals surface area contributed by atoms with Crippen LogP contribution in [0.1, 0.15) is 43.7 Å². The third-order valence-corrected chi connectivity index (χ3v) is 5.22. The summed E-state index contributed by atoms with van der Waals surface area (Å²) in [5.41, 5.74) is 7.02. The van der Waals surface area contributed by atoms with Crippen molar-refractivity contribution in [2.75, 3.05) is 20.2 Å². The lowest BCUT2D eigenvalue weighted by Crippen LogP contribution is -2.46. The highest BCUT2D eigenvalue weighted by Gasteiger charge is 2.38. The van der Waals surface area contributed by atoms with Crippen LogP contribution in [0, 0.1) is 11.7 Å². The summed E-state index contributed by atoms with van der Waals surface area (Å²) in [5.74, 6) is 0.816. The van der Waals surface area contributed by atoms with Crippen LogP contribution in [-0.2, 0) is 0 Å². The number of benzene rings is 1. The summed E-state index contributed by atoms with van der Waals surface area (Å²) in [6.45, 7) is 1.62. The Kier molecular flexibility index (Phi) is 4.45. The minimum Gasteiger partial charge on any atom is -0.494 e. The average molecular weight is 292 g/mol. The Morgan fingerprint density at radius 1 is 1.33 bits per heavy atom. The van der Waals surface area contributed by atoms with Crippen molar-refractivity contribution in [3.63, 3.8) is 0 Å². The van der Waals surface area contributed by atoms with Crippen molar-refractivity contribution in [2.24, 2.45) is 11.7 Å². The second-order valence-electron chi connectivity index (χ2n) is 6.28. The second kappa shape index (κ2) is 6.32. The number of ether oxygens (including phenoxy) is 1. The van der Waals surface area contributed by atoms with E-state index in [2.05, 4.69) is 4.90 Å². The highest BCUT2D eigenvalue weighted by Crippen LogP contribution is 2.40. The Bertz CT molecular complexity index is 494. The van der Waals surface area contributed by atoms with Crippen molar-refractivity contribution in [1.29, 1.82) is 0 Å². The molecule has 1 aromatic carbocycles. The third kappa shape index (κ3) is 2.79. The smallest absolute Gasteiger partial charge is 0.165 e. The predicted molar refractivity (Wildman–Crippen MR) is 81.8 cm³/mol. The number of halogens is 1. The van der Waals surface area contributed by atoms with Gasteiger partial charge in [0.05, 0.1) is 7.11 Å². The molecule has 2 fully saturated rings. The van der Waals surface area contributed by atoms with Crippen LogP contribution >= 0.6 is 0 Å². The lowest BCUT2D eigenvalue weighted by Gasteiger charge is -2.42. The number of nitrogens with zero attached hydrogens (tertiary/aromatic N) is 1. The first kappa shape index (κ1) is 14.8. The molecule has 2 N–H and O–H groups in total. The molecule has 0 amide bonds. The number of hydrogen-bond acceptors (Lipinski definition) is 3. The molecule has 0 aromatic heterocycles. The highest BCUT2D eigenvalue weighted by molar-refractivity contribution is 5.31. The van der Waals surface area contributed by atoms with E-state index in [9.17, 15) is 4.39 Å². The zero-order chi connectivity index (χ0) is 14.8. The summed E-state index contributed by atoms with van der Waals surface area (Å²) in [6, 6.07) is 6.02. The lowest BCUT2D eigenvalue weighted by molar-refractivity contribution is 0.0700. The van der Waals surface area contributed by atoms with Crippen molar-refractivity contribution in [1.82, 2.24) is 4.90 Å². The molecule has 1 heterocycles. The van der Waals surface area contributed by atoms with Crippen LogP contribution in [-0.4, -0.2) is 31.1 Å². The van der Waals surface area contributed by atoms with E-state index in [0.29, 0.717) is 18.3 Å². The number of piperidine rings is 1. The van der Waals surface area contributed by atoms with Gasteiger partial charge in [-0.05, 0) is 55.8 Å². The Morgan fingerprint density at radius 2 is 2.14 bits per heavy atom. The van der Waals surface area contributed by atoms with Crippen LogP contribution in [0.3, 0.4) is 0 Å². The van der Waals surface area contributed by atoms with Crippen molar-refractivity contribution < 1.29 is 9.13 Å². The third-order valence-electron chi connectivity index (χ3n) is 5.22. The minimum atomic E-state index is -0.298. The summed E-state index contributed by atoms with van der Waals surface area (Å²) in [4.78, 5) is 2.53. The van der Waals surface area contributed by atoms with Crippen molar-refractivity contribution in [3.8, 4) is 5.75 Å². The van der Waals surface area contributed by atoms with Crippen molar-refractivity contribution in [2.45, 2.75) is 44.2 Å². The molecule has 1 aromatic rings. The molecule has 0 bridgehead atoms. The first-order valence-corrected chi connectivity index (χ1v) is 8.04. The maximum atomic E-state index is 14.0. The topological polar surface area (TPSA) is 38.5 Å². The molecule has 1 aliphatic carbocycles. The lowest BCUT2D eigenvalue weighted by atomic mass is 9.89. The Labute approximate surface area is 126 Å². The Balaban J connectivity index is 1.85. The molecule has 3 nitrogen and oxygen atoms in total. The summed E-state index contributed by atoms with van der Waals surface area (Å²) in [5, 5.41) is 0. The van der Waals surface area contributed by atoms with Crippen LogP contribution < -0.4 is 10.5 Å². The fraction of sp³-hybridized carbons (Fsp3) is 0.647. The number of nitrogens with two attached hydrogens (primary N) is 1. The summed E-state index contributed by atoms with van der Waals surface area (Å²) in [7, 11) is 1.49. The van der Waals surface area contributed by atoms with E-state index in [1.807, 2.05) is 6.07 Å². The number of fused-ring (bicyclic) bond motifs is 1. The van der Waals surface area contributed by atoms with E-state index in [4.69, 9.17) is 10.5 Å². The summed E-state index contributed by atoms with van der Waals surface area (Å²) < 4.78 is 19.0. The fourth-order valence-electron chi connectivity index (χ4n) is 4.23. The van der Waals surface area contributed by atoms with Crippen molar-refractivity contribution in [3.05, 3.63) is 29.6 Å². The van der Waals surface area contributed by atoms with E-state index in [-0.39, 0.29) is 11.9 Å². The van der Waals surface area contributed by atoms with Gasteiger partial charge in [-0.25, -0.2) is 4.39 Å². The van der Waals surface area contributed by atoms with E-state index >= 15 is 0 Å². The second-order valence-corrected chi connectivity index (χ2v) is 6.28. The van der Waals surface area contributed by atoms with Crippen LogP contribution in [0.15, 0.2) is 18.2 Å². The predicted octanol–water partition coefficient (Wildman–Crippen LogP) is 3.10. The molecule has 0 radical (unpaired) electrons. The van der Waals surface area contributed by atoms with Crippen molar-refractivity contribution >= 4 is 0 Å². The van der Waals surface area contributed by atoms with Crippen LogP contribution in [0.4, 0.5) is 4.39 Å². The maximum Gasteiger partial charge on any atom is 0.165 e. The normalized spacial score (nSPS) is 27.4. The molecule has 1 aliphatic heterocycles. The van der Waals surface area contributed by atoms with Gasteiger partial charge in [-0.2, -0.15) is 0 Å². The standard InChI is InChI=1S/C17H25FN2O/c1-21-17-8-7-13(10-14(17)18)16(11-19)20-9-3-5-12-4-2-6-15(12)20/h7-8,10,12,15-16H,2-6,9,11,19H2,1H3. The van der Waals surface area contributed by atoms with E-state index < -0.39 is 0 Å². The molecular weight excluding hydrogens is 267 g/mol. The number of likely N-dealkylation sites (tertiary alicyclic amines) is 1. The SMILES string of the molecule is COc1ccc(C(CN)N2CCCC3CCCC32)cc1F. The largest absolute Gasteiger partial charge is 0.494 e. The molecule has 4 heteroatoms. The number of methoxy groups -OCH3 is 1. The molecule has 1 saturated heterocycles. The Morgan fingerprint density at radius 3 is 2.86 bits per heavy atom. The first-order chi connectivity index (χ1) is 10.2. The highest BCUT2D eigenvalue weighted by atomic mass is 19.1. The van der Waals surface area contributed by atoms with Gasteiger partial charge in [0.2, 0.25) is 0 Å². The molecule has 1 saturated carbocycles. The minimum absolute atomic E-state index is 0.122. The van der Waals surface area contributed by atoms with Crippen LogP contribution in [0.25, 0.3) is 0 Å². The fourth-order valence-corrected chi connectivity index (χ4v) is 4.23. The molecule has 3 atom stereocenters. The molecular formula is C17H25FN2O. The van der Waals surface area contributed by atoms with E-state index in [1.54, 1.807) is 12.1 Å². The van der Waals surface area contributed by atoms with Gasteiger partial charge in [-0.15, -0.1) is 0 Å². The average Bonchev–Trinajstić information content (AvgIpc) is 2.97. The van der Waals surface area contributed by atoms with Crippen LogP contribution in [0.2, 0.25) is 0 Å². The zero-order valence-corrected chi connectivity index (χ0v) is 12.7. The van der Waals surface area contributed by atoms with Gasteiger partial charge in [0.25, 0.3) is 0 Å². The first-order valence-electron chi connectivity index (χ1n) is 8.04. The number of hydrogen-bond donors (Lipinski definition) is 1. The molecule has 21 heavy (non-hydrogen) atoms. The van der Waals surface area contributed by atoms with Gasteiger partial charge >= 0.3 is 0 Å². The van der Waals surface area contributed by atoms with Gasteiger partial charge in [-0.3, -0.25) is 4.90 Å².